The van der Waals surface area contributed by atoms with Gasteiger partial charge in [-0.15, -0.1) is 0 Å². The highest BCUT2D eigenvalue weighted by molar-refractivity contribution is 9.10. The topological polar surface area (TPSA) is 53.7 Å². The number of carboxylic acids is 1. The monoisotopic (exact) mass is 301 g/mol. The van der Waals surface area contributed by atoms with E-state index in [2.05, 4.69) is 15.9 Å². The van der Waals surface area contributed by atoms with Crippen LogP contribution in [-0.4, -0.2) is 28.6 Å². The molecule has 1 aromatic rings. The van der Waals surface area contributed by atoms with Crippen LogP contribution in [0.15, 0.2) is 21.2 Å². The molecule has 17 heavy (non-hydrogen) atoms. The van der Waals surface area contributed by atoms with Crippen molar-refractivity contribution in [1.82, 2.24) is 4.90 Å². The van der Waals surface area contributed by atoms with Crippen molar-refractivity contribution in [3.8, 4) is 0 Å². The first-order valence-corrected chi connectivity index (χ1v) is 6.53. The van der Waals surface area contributed by atoms with Crippen LogP contribution in [0.1, 0.15) is 32.1 Å². The van der Waals surface area contributed by atoms with E-state index in [0.717, 1.165) is 18.7 Å². The predicted molar refractivity (Wildman–Crippen MR) is 66.7 cm³/mol. The van der Waals surface area contributed by atoms with Crippen LogP contribution in [-0.2, 0) is 4.79 Å². The van der Waals surface area contributed by atoms with Gasteiger partial charge in [0.15, 0.2) is 4.67 Å². The van der Waals surface area contributed by atoms with Gasteiger partial charge in [-0.05, 0) is 47.3 Å². The molecule has 1 N–H and O–H groups in total. The zero-order valence-corrected chi connectivity index (χ0v) is 11.5. The number of rotatable bonds is 3. The van der Waals surface area contributed by atoms with E-state index >= 15 is 0 Å². The maximum Gasteiger partial charge on any atom is 0.321 e. The highest BCUT2D eigenvalue weighted by Gasteiger charge is 2.40. The number of carbonyl (C=O) groups is 1. The summed E-state index contributed by atoms with van der Waals surface area (Å²) in [6, 6.07) is 3.30. The van der Waals surface area contributed by atoms with Gasteiger partial charge in [0.2, 0.25) is 0 Å². The lowest BCUT2D eigenvalue weighted by atomic mass is 10.0. The molecule has 0 spiro atoms. The van der Waals surface area contributed by atoms with Crippen molar-refractivity contribution in [3.05, 3.63) is 22.6 Å². The minimum atomic E-state index is -0.743. The van der Waals surface area contributed by atoms with Crippen LogP contribution >= 0.6 is 15.9 Å². The molecule has 2 heterocycles. The van der Waals surface area contributed by atoms with E-state index < -0.39 is 12.0 Å². The highest BCUT2D eigenvalue weighted by atomic mass is 79.9. The number of carboxylic acid groups (broad SMARTS) is 1. The van der Waals surface area contributed by atoms with Crippen molar-refractivity contribution in [3.63, 3.8) is 0 Å². The van der Waals surface area contributed by atoms with Gasteiger partial charge in [-0.1, -0.05) is 6.92 Å². The highest BCUT2D eigenvalue weighted by Crippen LogP contribution is 2.33. The van der Waals surface area contributed by atoms with Gasteiger partial charge in [-0.2, -0.15) is 0 Å². The minimum absolute atomic E-state index is 0.00708. The van der Waals surface area contributed by atoms with E-state index in [0.29, 0.717) is 4.67 Å². The molecule has 0 radical (unpaired) electrons. The Morgan fingerprint density at radius 1 is 1.65 bits per heavy atom. The number of hydrogen-bond acceptors (Lipinski definition) is 3. The van der Waals surface area contributed by atoms with Crippen molar-refractivity contribution >= 4 is 21.9 Å². The second-order valence-electron chi connectivity index (χ2n) is 4.60. The fourth-order valence-electron chi connectivity index (χ4n) is 2.51. The molecule has 1 aromatic heterocycles. The molecule has 0 saturated carbocycles. The van der Waals surface area contributed by atoms with E-state index in [1.807, 2.05) is 30.9 Å². The molecule has 1 aliphatic heterocycles. The molecule has 5 heteroatoms. The number of aliphatic carboxylic acids is 1. The first-order chi connectivity index (χ1) is 8.00. The normalized spacial score (nSPS) is 27.2. The fourth-order valence-corrected chi connectivity index (χ4v) is 2.83. The fraction of sp³-hybridized carbons (Fsp3) is 0.583. The van der Waals surface area contributed by atoms with Crippen LogP contribution in [0.5, 0.6) is 0 Å². The summed E-state index contributed by atoms with van der Waals surface area (Å²) < 4.78 is 6.18. The number of nitrogens with zero attached hydrogens (tertiary/aromatic N) is 1. The molecular formula is C12H16BrNO3. The first kappa shape index (κ1) is 12.6. The maximum atomic E-state index is 11.3. The Balaban J connectivity index is 2.19. The van der Waals surface area contributed by atoms with E-state index in [1.165, 1.54) is 0 Å². The molecule has 2 rings (SSSR count). The molecule has 0 aromatic carbocycles. The Kier molecular flexibility index (Phi) is 3.58. The van der Waals surface area contributed by atoms with E-state index in [9.17, 15) is 9.90 Å². The van der Waals surface area contributed by atoms with Gasteiger partial charge >= 0.3 is 5.97 Å². The summed E-state index contributed by atoms with van der Waals surface area (Å²) in [5.74, 6) is 0.248. The quantitative estimate of drug-likeness (QED) is 0.933. The van der Waals surface area contributed by atoms with Crippen molar-refractivity contribution in [1.29, 1.82) is 0 Å². The Labute approximate surface area is 109 Å². The van der Waals surface area contributed by atoms with Crippen LogP contribution in [0.25, 0.3) is 0 Å². The lowest BCUT2D eigenvalue weighted by Crippen LogP contribution is -2.40. The summed E-state index contributed by atoms with van der Waals surface area (Å²) in [6.07, 6.45) is 0.920. The van der Waals surface area contributed by atoms with E-state index in [-0.39, 0.29) is 12.0 Å². The van der Waals surface area contributed by atoms with E-state index in [4.69, 9.17) is 4.42 Å². The second kappa shape index (κ2) is 4.82. The molecular weight excluding hydrogens is 286 g/mol. The van der Waals surface area contributed by atoms with Gasteiger partial charge in [-0.3, -0.25) is 9.69 Å². The van der Waals surface area contributed by atoms with Crippen molar-refractivity contribution in [2.75, 3.05) is 6.54 Å². The van der Waals surface area contributed by atoms with Gasteiger partial charge in [0.05, 0.1) is 6.04 Å². The average Bonchev–Trinajstić information content (AvgIpc) is 2.83. The molecule has 0 bridgehead atoms. The molecule has 1 fully saturated rings. The van der Waals surface area contributed by atoms with Crippen molar-refractivity contribution < 1.29 is 14.3 Å². The van der Waals surface area contributed by atoms with Gasteiger partial charge in [0.1, 0.15) is 11.8 Å². The third kappa shape index (κ3) is 2.40. The molecule has 1 saturated heterocycles. The Morgan fingerprint density at radius 3 is 2.88 bits per heavy atom. The molecule has 1 aliphatic rings. The summed E-state index contributed by atoms with van der Waals surface area (Å²) in [5, 5.41) is 9.27. The summed E-state index contributed by atoms with van der Waals surface area (Å²) in [6.45, 7) is 4.78. The lowest BCUT2D eigenvalue weighted by Gasteiger charge is -2.28. The molecule has 3 atom stereocenters. The van der Waals surface area contributed by atoms with E-state index in [1.54, 1.807) is 0 Å². The number of likely N-dealkylation sites (tertiary alicyclic amines) is 1. The maximum absolute atomic E-state index is 11.3. The predicted octanol–water partition coefficient (Wildman–Crippen LogP) is 2.90. The summed E-state index contributed by atoms with van der Waals surface area (Å²) >= 11 is 3.26. The van der Waals surface area contributed by atoms with Gasteiger partial charge in [0.25, 0.3) is 0 Å². The van der Waals surface area contributed by atoms with Crippen LogP contribution < -0.4 is 0 Å². The van der Waals surface area contributed by atoms with Crippen LogP contribution in [0, 0.1) is 5.92 Å². The van der Waals surface area contributed by atoms with Crippen LogP contribution in [0.3, 0.4) is 0 Å². The summed E-state index contributed by atoms with van der Waals surface area (Å²) in [5.41, 5.74) is 0. The van der Waals surface area contributed by atoms with Gasteiger partial charge in [0, 0.05) is 6.54 Å². The van der Waals surface area contributed by atoms with Crippen molar-refractivity contribution in [2.24, 2.45) is 5.92 Å². The molecule has 0 amide bonds. The number of furan rings is 1. The molecule has 4 nitrogen and oxygen atoms in total. The average molecular weight is 302 g/mol. The summed E-state index contributed by atoms with van der Waals surface area (Å²) in [7, 11) is 0. The van der Waals surface area contributed by atoms with Crippen molar-refractivity contribution in [2.45, 2.75) is 32.4 Å². The van der Waals surface area contributed by atoms with Crippen LogP contribution in [0.4, 0.5) is 0 Å². The zero-order chi connectivity index (χ0) is 12.6. The Hall–Kier alpha value is -0.810. The molecule has 3 unspecified atom stereocenters. The minimum Gasteiger partial charge on any atom is -0.480 e. The molecule has 0 aliphatic carbocycles. The van der Waals surface area contributed by atoms with Gasteiger partial charge < -0.3 is 9.52 Å². The Bertz CT molecular complexity index is 418. The van der Waals surface area contributed by atoms with Gasteiger partial charge in [-0.25, -0.2) is 0 Å². The number of halogens is 1. The SMILES string of the molecule is CC1CCN(C(C)c2ccc(Br)o2)C1C(=O)O. The second-order valence-corrected chi connectivity index (χ2v) is 5.39. The first-order valence-electron chi connectivity index (χ1n) is 5.74. The lowest BCUT2D eigenvalue weighted by molar-refractivity contribution is -0.144. The largest absolute Gasteiger partial charge is 0.480 e. The zero-order valence-electron chi connectivity index (χ0n) is 9.89. The summed E-state index contributed by atoms with van der Waals surface area (Å²) in [4.78, 5) is 13.3. The third-order valence-corrected chi connectivity index (χ3v) is 3.92. The smallest absolute Gasteiger partial charge is 0.321 e. The third-order valence-electron chi connectivity index (χ3n) is 3.50. The Morgan fingerprint density at radius 2 is 2.35 bits per heavy atom. The number of hydrogen-bond donors (Lipinski definition) is 1. The molecule has 94 valence electrons. The van der Waals surface area contributed by atoms with Crippen LogP contribution in [0.2, 0.25) is 0 Å². The standard InChI is InChI=1S/C12H16BrNO3/c1-7-5-6-14(11(7)12(15)16)8(2)9-3-4-10(13)17-9/h3-4,7-8,11H,5-6H2,1-2H3,(H,15,16).